The van der Waals surface area contributed by atoms with Gasteiger partial charge in [0.25, 0.3) is 0 Å². The Balaban J connectivity index is 2.03. The maximum Gasteiger partial charge on any atom is 0.341 e. The van der Waals surface area contributed by atoms with E-state index in [1.165, 1.54) is 0 Å². The van der Waals surface area contributed by atoms with Gasteiger partial charge in [-0.25, -0.2) is 4.79 Å². The van der Waals surface area contributed by atoms with Crippen LogP contribution in [-0.4, -0.2) is 47.0 Å². The number of nitrogens with zero attached hydrogens (tertiary/aromatic N) is 1. The first-order chi connectivity index (χ1) is 12.6. The average Bonchev–Trinajstić information content (AvgIpc) is 3.03. The van der Waals surface area contributed by atoms with Gasteiger partial charge in [-0.1, -0.05) is 20.8 Å². The van der Waals surface area contributed by atoms with E-state index in [4.69, 9.17) is 9.84 Å². The Morgan fingerprint density at radius 3 is 2.59 bits per heavy atom. The second-order valence-corrected chi connectivity index (χ2v) is 8.13. The molecule has 1 fully saturated rings. The van der Waals surface area contributed by atoms with E-state index in [1.807, 2.05) is 20.8 Å². The number of carboxylic acids is 1. The molecule has 2 N–H and O–H groups in total. The van der Waals surface area contributed by atoms with E-state index in [0.29, 0.717) is 30.8 Å². The van der Waals surface area contributed by atoms with Crippen molar-refractivity contribution >= 4 is 23.5 Å². The molecule has 1 atom stereocenters. The molecule has 1 saturated heterocycles. The predicted molar refractivity (Wildman–Crippen MR) is 102 cm³/mol. The second-order valence-electron chi connectivity index (χ2n) is 8.13. The van der Waals surface area contributed by atoms with Crippen LogP contribution in [0.4, 0.5) is 5.69 Å². The van der Waals surface area contributed by atoms with Crippen LogP contribution < -0.4 is 10.1 Å². The fourth-order valence-corrected chi connectivity index (χ4v) is 3.12. The van der Waals surface area contributed by atoms with Crippen LogP contribution in [0, 0.1) is 12.3 Å². The number of carbonyl (C=O) groups is 3. The monoisotopic (exact) mass is 376 g/mol. The summed E-state index contributed by atoms with van der Waals surface area (Å²) in [5.41, 5.74) is 1.26. The number of likely N-dealkylation sites (tertiary alicyclic amines) is 1. The number of nitrogens with one attached hydrogen (secondary N) is 1. The molecule has 0 bridgehead atoms. The van der Waals surface area contributed by atoms with E-state index in [9.17, 15) is 14.4 Å². The maximum absolute atomic E-state index is 12.7. The molecule has 27 heavy (non-hydrogen) atoms. The summed E-state index contributed by atoms with van der Waals surface area (Å²) in [4.78, 5) is 37.5. The van der Waals surface area contributed by atoms with Crippen LogP contribution in [0.2, 0.25) is 0 Å². The van der Waals surface area contributed by atoms with Gasteiger partial charge in [0.2, 0.25) is 11.8 Å². The first-order valence-corrected chi connectivity index (χ1v) is 9.12. The maximum atomic E-state index is 12.7. The lowest BCUT2D eigenvalue weighted by atomic mass is 9.91. The van der Waals surface area contributed by atoms with Crippen LogP contribution in [0.1, 0.15) is 45.6 Å². The molecule has 7 heteroatoms. The molecule has 0 radical (unpaired) electrons. The summed E-state index contributed by atoms with van der Waals surface area (Å²) in [6, 6.07) is 4.52. The van der Waals surface area contributed by atoms with Crippen molar-refractivity contribution in [2.24, 2.45) is 5.41 Å². The lowest BCUT2D eigenvalue weighted by Crippen LogP contribution is -2.44. The molecule has 0 saturated carbocycles. The fourth-order valence-electron chi connectivity index (χ4n) is 3.12. The van der Waals surface area contributed by atoms with E-state index >= 15 is 0 Å². The van der Waals surface area contributed by atoms with Gasteiger partial charge in [0.05, 0.1) is 0 Å². The van der Waals surface area contributed by atoms with Gasteiger partial charge in [0, 0.05) is 18.7 Å². The minimum Gasteiger partial charge on any atom is -0.482 e. The number of benzene rings is 1. The third-order valence-corrected chi connectivity index (χ3v) is 4.38. The fraction of sp³-hybridized carbons (Fsp3) is 0.550. The highest BCUT2D eigenvalue weighted by atomic mass is 16.5. The standard InChI is InChI=1S/C20H28N2O5/c1-13-10-14(27-12-18(24)25)7-8-15(13)21-19(26)16-6-5-9-22(16)17(23)11-20(2,3)4/h7-8,10,16H,5-6,9,11-12H2,1-4H3,(H,21,26)(H,24,25). The number of rotatable bonds is 6. The van der Waals surface area contributed by atoms with E-state index in [0.717, 1.165) is 12.0 Å². The van der Waals surface area contributed by atoms with Crippen LogP contribution in [0.15, 0.2) is 18.2 Å². The number of aliphatic carboxylic acids is 1. The molecule has 7 nitrogen and oxygen atoms in total. The topological polar surface area (TPSA) is 95.9 Å². The van der Waals surface area contributed by atoms with Gasteiger partial charge in [-0.15, -0.1) is 0 Å². The van der Waals surface area contributed by atoms with Gasteiger partial charge in [0.1, 0.15) is 11.8 Å². The zero-order valence-corrected chi connectivity index (χ0v) is 16.4. The molecule has 2 amide bonds. The SMILES string of the molecule is Cc1cc(OCC(=O)O)ccc1NC(=O)C1CCCN1C(=O)CC(C)(C)C. The molecule has 148 valence electrons. The third-order valence-electron chi connectivity index (χ3n) is 4.38. The molecule has 0 aromatic heterocycles. The van der Waals surface area contributed by atoms with Crippen molar-refractivity contribution in [1.29, 1.82) is 0 Å². The largest absolute Gasteiger partial charge is 0.482 e. The molecular weight excluding hydrogens is 348 g/mol. The summed E-state index contributed by atoms with van der Waals surface area (Å²) >= 11 is 0. The molecule has 1 aromatic carbocycles. The zero-order valence-electron chi connectivity index (χ0n) is 16.4. The lowest BCUT2D eigenvalue weighted by molar-refractivity contribution is -0.139. The summed E-state index contributed by atoms with van der Waals surface area (Å²) in [5, 5.41) is 11.6. The number of hydrogen-bond acceptors (Lipinski definition) is 4. The third kappa shape index (κ3) is 5.98. The number of anilines is 1. The van der Waals surface area contributed by atoms with Crippen molar-refractivity contribution in [3.8, 4) is 5.75 Å². The summed E-state index contributed by atoms with van der Waals surface area (Å²) in [6.07, 6.45) is 1.88. The summed E-state index contributed by atoms with van der Waals surface area (Å²) < 4.78 is 5.14. The minimum atomic E-state index is -1.05. The first kappa shape index (κ1) is 20.7. The quantitative estimate of drug-likeness (QED) is 0.796. The highest BCUT2D eigenvalue weighted by Crippen LogP contribution is 2.27. The number of hydrogen-bond donors (Lipinski definition) is 2. The Bertz CT molecular complexity index is 724. The first-order valence-electron chi connectivity index (χ1n) is 9.12. The normalized spacial score (nSPS) is 16.9. The van der Waals surface area contributed by atoms with Crippen LogP contribution >= 0.6 is 0 Å². The molecular formula is C20H28N2O5. The molecule has 1 heterocycles. The molecule has 0 spiro atoms. The Morgan fingerprint density at radius 1 is 1.30 bits per heavy atom. The number of aryl methyl sites for hydroxylation is 1. The number of carboxylic acid groups (broad SMARTS) is 1. The summed E-state index contributed by atoms with van der Waals surface area (Å²) in [7, 11) is 0. The lowest BCUT2D eigenvalue weighted by Gasteiger charge is -2.27. The van der Waals surface area contributed by atoms with Gasteiger partial charge in [-0.3, -0.25) is 9.59 Å². The predicted octanol–water partition coefficient (Wildman–Crippen LogP) is 2.82. The van der Waals surface area contributed by atoms with Crippen molar-refractivity contribution in [3.63, 3.8) is 0 Å². The zero-order chi connectivity index (χ0) is 20.2. The van der Waals surface area contributed by atoms with Crippen LogP contribution in [0.3, 0.4) is 0 Å². The van der Waals surface area contributed by atoms with Crippen LogP contribution in [0.25, 0.3) is 0 Å². The van der Waals surface area contributed by atoms with E-state index in [1.54, 1.807) is 30.0 Å². The number of carbonyl (C=O) groups excluding carboxylic acids is 2. The Kier molecular flexibility index (Phi) is 6.46. The van der Waals surface area contributed by atoms with Crippen molar-refractivity contribution in [3.05, 3.63) is 23.8 Å². The minimum absolute atomic E-state index is 0.00860. The van der Waals surface area contributed by atoms with Gasteiger partial charge in [-0.2, -0.15) is 0 Å². The second kappa shape index (κ2) is 8.41. The summed E-state index contributed by atoms with van der Waals surface area (Å²) in [6.45, 7) is 8.01. The van der Waals surface area contributed by atoms with Crippen molar-refractivity contribution in [2.45, 2.75) is 53.0 Å². The molecule has 2 rings (SSSR count). The Morgan fingerprint density at radius 2 is 2.00 bits per heavy atom. The van der Waals surface area contributed by atoms with Gasteiger partial charge in [-0.05, 0) is 48.9 Å². The van der Waals surface area contributed by atoms with Crippen molar-refractivity contribution < 1.29 is 24.2 Å². The summed E-state index contributed by atoms with van der Waals surface area (Å²) in [5.74, 6) is -0.812. The molecule has 1 aliphatic rings. The van der Waals surface area contributed by atoms with Gasteiger partial charge in [0.15, 0.2) is 6.61 Å². The molecule has 0 aliphatic carbocycles. The number of amides is 2. The van der Waals surface area contributed by atoms with Gasteiger partial charge >= 0.3 is 5.97 Å². The Hall–Kier alpha value is -2.57. The van der Waals surface area contributed by atoms with E-state index in [-0.39, 0.29) is 17.2 Å². The molecule has 1 unspecified atom stereocenters. The van der Waals surface area contributed by atoms with Gasteiger partial charge < -0.3 is 20.1 Å². The Labute approximate surface area is 159 Å². The van der Waals surface area contributed by atoms with Crippen molar-refractivity contribution in [2.75, 3.05) is 18.5 Å². The van der Waals surface area contributed by atoms with E-state index in [2.05, 4.69) is 5.32 Å². The highest BCUT2D eigenvalue weighted by molar-refractivity contribution is 5.98. The highest BCUT2D eigenvalue weighted by Gasteiger charge is 2.35. The van der Waals surface area contributed by atoms with Crippen LogP contribution in [-0.2, 0) is 14.4 Å². The molecule has 1 aromatic rings. The van der Waals surface area contributed by atoms with Crippen molar-refractivity contribution in [1.82, 2.24) is 4.90 Å². The van der Waals surface area contributed by atoms with Crippen LogP contribution in [0.5, 0.6) is 5.75 Å². The average molecular weight is 376 g/mol. The number of ether oxygens (including phenoxy) is 1. The smallest absolute Gasteiger partial charge is 0.341 e. The molecule has 1 aliphatic heterocycles. The van der Waals surface area contributed by atoms with E-state index < -0.39 is 18.6 Å².